The summed E-state index contributed by atoms with van der Waals surface area (Å²) in [5, 5.41) is 0. The van der Waals surface area contributed by atoms with Gasteiger partial charge in [0.05, 0.1) is 0 Å². The summed E-state index contributed by atoms with van der Waals surface area (Å²) >= 11 is 0. The van der Waals surface area contributed by atoms with Crippen LogP contribution in [0.4, 0.5) is 0 Å². The number of hydrogen-bond acceptors (Lipinski definition) is 0. The molecule has 0 amide bonds. The summed E-state index contributed by atoms with van der Waals surface area (Å²) in [7, 11) is 0. The predicted octanol–water partition coefficient (Wildman–Crippen LogP) is 11.7. The molecule has 198 valence electrons. The van der Waals surface area contributed by atoms with Crippen LogP contribution in [-0.2, 0) is 0 Å². The molecular formula is C34H62. The van der Waals surface area contributed by atoms with Crippen molar-refractivity contribution in [3.8, 4) is 0 Å². The second-order valence-electron chi connectivity index (χ2n) is 14.4. The zero-order valence-corrected chi connectivity index (χ0v) is 25.6. The Labute approximate surface area is 216 Å². The first-order chi connectivity index (χ1) is 15.4. The molecule has 1 aromatic carbocycles. The number of benzene rings is 1. The molecule has 0 aliphatic heterocycles. The summed E-state index contributed by atoms with van der Waals surface area (Å²) in [5.74, 6) is 2.03. The van der Waals surface area contributed by atoms with Crippen molar-refractivity contribution in [1.29, 1.82) is 0 Å². The van der Waals surface area contributed by atoms with Crippen LogP contribution in [0, 0.1) is 33.5 Å². The van der Waals surface area contributed by atoms with Crippen molar-refractivity contribution in [2.24, 2.45) is 33.5 Å². The average Bonchev–Trinajstić information content (AvgIpc) is 2.75. The van der Waals surface area contributed by atoms with Crippen LogP contribution in [0.25, 0.3) is 0 Å². The fourth-order valence-electron chi connectivity index (χ4n) is 4.49. The lowest BCUT2D eigenvalue weighted by Crippen LogP contribution is -2.34. The Bertz CT molecular complexity index is 669. The first kappa shape index (κ1) is 33.0. The molecule has 0 fully saturated rings. The van der Waals surface area contributed by atoms with Crippen molar-refractivity contribution in [3.63, 3.8) is 0 Å². The van der Waals surface area contributed by atoms with Crippen molar-refractivity contribution >= 4 is 0 Å². The van der Waals surface area contributed by atoms with Gasteiger partial charge in [0.25, 0.3) is 0 Å². The van der Waals surface area contributed by atoms with Gasteiger partial charge in [0, 0.05) is 0 Å². The van der Waals surface area contributed by atoms with Gasteiger partial charge < -0.3 is 0 Å². The molecule has 0 aromatic heterocycles. The minimum absolute atomic E-state index is 0.321. The molecule has 0 N–H and O–H groups in total. The largest absolute Gasteiger partial charge is 0.103 e. The van der Waals surface area contributed by atoms with Gasteiger partial charge >= 0.3 is 0 Å². The lowest BCUT2D eigenvalue weighted by Gasteiger charge is -2.45. The van der Waals surface area contributed by atoms with E-state index in [1.165, 1.54) is 44.1 Å². The Morgan fingerprint density at radius 1 is 0.765 bits per heavy atom. The Kier molecular flexibility index (Phi) is 13.5. The van der Waals surface area contributed by atoms with E-state index in [1.807, 2.05) is 6.08 Å². The maximum absolute atomic E-state index is 3.56. The molecule has 0 nitrogen and oxygen atoms in total. The minimum Gasteiger partial charge on any atom is -0.103 e. The molecule has 1 unspecified atom stereocenters. The van der Waals surface area contributed by atoms with Crippen LogP contribution in [0.3, 0.4) is 0 Å². The normalized spacial score (nSPS) is 14.1. The molecule has 0 heterocycles. The highest BCUT2D eigenvalue weighted by atomic mass is 14.4. The summed E-state index contributed by atoms with van der Waals surface area (Å²) in [6, 6.07) is 11.3. The van der Waals surface area contributed by atoms with E-state index in [1.54, 1.807) is 0 Å². The molecule has 1 atom stereocenters. The van der Waals surface area contributed by atoms with Crippen LogP contribution in [0.5, 0.6) is 0 Å². The highest BCUT2D eigenvalue weighted by Gasteiger charge is 2.39. The van der Waals surface area contributed by atoms with Crippen molar-refractivity contribution < 1.29 is 0 Å². The fourth-order valence-corrected chi connectivity index (χ4v) is 4.49. The lowest BCUT2D eigenvalue weighted by atomic mass is 9.60. The van der Waals surface area contributed by atoms with Crippen molar-refractivity contribution in [2.75, 3.05) is 0 Å². The van der Waals surface area contributed by atoms with Gasteiger partial charge in [-0.05, 0) is 70.7 Å². The van der Waals surface area contributed by atoms with Crippen LogP contribution in [0.2, 0.25) is 0 Å². The maximum Gasteiger partial charge on any atom is -0.0106 e. The van der Waals surface area contributed by atoms with Crippen LogP contribution < -0.4 is 0 Å². The van der Waals surface area contributed by atoms with Crippen molar-refractivity contribution in [2.45, 2.75) is 134 Å². The molecule has 0 radical (unpaired) electrons. The monoisotopic (exact) mass is 470 g/mol. The molecule has 0 bridgehead atoms. The standard InChI is InChI=1S/C29H52.C5H10/c1-12-28(8,9)29(10,11)21-20-26(4,5)22-25(24-16-14-13-15-17-24)27(6,7)19-18-23(2)3;1-4-5(2)3/h13-17,23,25H,12,18-22H2,1-11H3;4-5H,1H2,2-3H3. The molecule has 1 aromatic rings. The molecule has 0 heteroatoms. The molecule has 0 saturated heterocycles. The van der Waals surface area contributed by atoms with Gasteiger partial charge in [-0.3, -0.25) is 0 Å². The third-order valence-corrected chi connectivity index (χ3v) is 8.88. The summed E-state index contributed by atoms with van der Waals surface area (Å²) < 4.78 is 0. The van der Waals surface area contributed by atoms with Crippen LogP contribution in [0.15, 0.2) is 43.0 Å². The van der Waals surface area contributed by atoms with E-state index >= 15 is 0 Å². The van der Waals surface area contributed by atoms with Gasteiger partial charge in [-0.25, -0.2) is 0 Å². The molecule has 34 heavy (non-hydrogen) atoms. The number of hydrogen-bond donors (Lipinski definition) is 0. The van der Waals surface area contributed by atoms with Gasteiger partial charge in [0.15, 0.2) is 0 Å². The average molecular weight is 471 g/mol. The molecule has 0 saturated carbocycles. The van der Waals surface area contributed by atoms with Crippen LogP contribution in [0.1, 0.15) is 140 Å². The third-order valence-electron chi connectivity index (χ3n) is 8.88. The van der Waals surface area contributed by atoms with Gasteiger partial charge in [-0.15, -0.1) is 6.58 Å². The zero-order valence-electron chi connectivity index (χ0n) is 25.6. The number of allylic oxidation sites excluding steroid dienone is 1. The van der Waals surface area contributed by atoms with Crippen molar-refractivity contribution in [3.05, 3.63) is 48.6 Å². The Morgan fingerprint density at radius 3 is 1.68 bits per heavy atom. The topological polar surface area (TPSA) is 0 Å². The van der Waals surface area contributed by atoms with E-state index in [4.69, 9.17) is 0 Å². The summed E-state index contributed by atoms with van der Waals surface area (Å²) in [5.41, 5.74) is 2.95. The Hall–Kier alpha value is -1.04. The Balaban J connectivity index is 0.00000196. The second-order valence-corrected chi connectivity index (χ2v) is 14.4. The van der Waals surface area contributed by atoms with E-state index in [2.05, 4.69) is 127 Å². The van der Waals surface area contributed by atoms with E-state index in [-0.39, 0.29) is 0 Å². The number of rotatable bonds is 13. The third kappa shape index (κ3) is 11.6. The highest BCUT2D eigenvalue weighted by Crippen LogP contribution is 2.50. The van der Waals surface area contributed by atoms with Gasteiger partial charge in [0.2, 0.25) is 0 Å². The quantitative estimate of drug-likeness (QED) is 0.251. The van der Waals surface area contributed by atoms with E-state index < -0.39 is 0 Å². The predicted molar refractivity (Wildman–Crippen MR) is 158 cm³/mol. The second kappa shape index (κ2) is 13.9. The molecular weight excluding hydrogens is 408 g/mol. The van der Waals surface area contributed by atoms with Crippen LogP contribution >= 0.6 is 0 Å². The molecule has 0 spiro atoms. The Morgan fingerprint density at radius 2 is 1.26 bits per heavy atom. The SMILES string of the molecule is C=CC(C)C.CCC(C)(C)C(C)(C)CCC(C)(C)CC(c1ccccc1)C(C)(C)CCC(C)C. The van der Waals surface area contributed by atoms with E-state index in [0.29, 0.717) is 33.5 Å². The summed E-state index contributed by atoms with van der Waals surface area (Å²) in [4.78, 5) is 0. The minimum atomic E-state index is 0.321. The molecule has 0 aliphatic rings. The van der Waals surface area contributed by atoms with Crippen molar-refractivity contribution in [1.82, 2.24) is 0 Å². The highest BCUT2D eigenvalue weighted by molar-refractivity contribution is 5.22. The maximum atomic E-state index is 3.56. The van der Waals surface area contributed by atoms with Crippen LogP contribution in [-0.4, -0.2) is 0 Å². The first-order valence-electron chi connectivity index (χ1n) is 14.1. The molecule has 0 aliphatic carbocycles. The first-order valence-corrected chi connectivity index (χ1v) is 14.1. The van der Waals surface area contributed by atoms with E-state index in [9.17, 15) is 0 Å². The lowest BCUT2D eigenvalue weighted by molar-refractivity contribution is 0.0693. The summed E-state index contributed by atoms with van der Waals surface area (Å²) in [6.07, 6.45) is 9.64. The summed E-state index contributed by atoms with van der Waals surface area (Å²) in [6.45, 7) is 34.7. The molecule has 1 rings (SSSR count). The van der Waals surface area contributed by atoms with Gasteiger partial charge in [0.1, 0.15) is 0 Å². The smallest absolute Gasteiger partial charge is 0.0106 e. The van der Waals surface area contributed by atoms with E-state index in [0.717, 1.165) is 5.92 Å². The van der Waals surface area contributed by atoms with Gasteiger partial charge in [-0.1, -0.05) is 139 Å². The zero-order chi connectivity index (χ0) is 26.8. The van der Waals surface area contributed by atoms with Gasteiger partial charge in [-0.2, -0.15) is 0 Å². The fraction of sp³-hybridized carbons (Fsp3) is 0.765.